The van der Waals surface area contributed by atoms with E-state index in [2.05, 4.69) is 31.2 Å². The van der Waals surface area contributed by atoms with Crippen molar-refractivity contribution in [3.63, 3.8) is 0 Å². The SMILES string of the molecule is CCc1cccc(C2CCN(C(=O)c3cccc(O)c3O)CC2)c1. The Balaban J connectivity index is 1.68. The Hall–Kier alpha value is -2.49. The molecule has 2 N–H and O–H groups in total. The highest BCUT2D eigenvalue weighted by Crippen LogP contribution is 2.32. The summed E-state index contributed by atoms with van der Waals surface area (Å²) >= 11 is 0. The number of aromatic hydroxyl groups is 2. The van der Waals surface area contributed by atoms with Crippen molar-refractivity contribution >= 4 is 5.91 Å². The molecule has 0 bridgehead atoms. The number of rotatable bonds is 3. The maximum atomic E-state index is 12.6. The van der Waals surface area contributed by atoms with Gasteiger partial charge in [-0.2, -0.15) is 0 Å². The average Bonchev–Trinajstić information content (AvgIpc) is 2.63. The van der Waals surface area contributed by atoms with Crippen molar-refractivity contribution in [3.05, 3.63) is 59.2 Å². The number of amides is 1. The van der Waals surface area contributed by atoms with E-state index < -0.39 is 0 Å². The number of phenols is 2. The highest BCUT2D eigenvalue weighted by molar-refractivity contribution is 5.97. The van der Waals surface area contributed by atoms with Gasteiger partial charge in [-0.25, -0.2) is 0 Å². The van der Waals surface area contributed by atoms with Crippen molar-refractivity contribution < 1.29 is 15.0 Å². The Bertz CT molecular complexity index is 733. The number of hydrogen-bond acceptors (Lipinski definition) is 3. The predicted molar refractivity (Wildman–Crippen MR) is 93.5 cm³/mol. The first kappa shape index (κ1) is 16.4. The third-order valence-corrected chi connectivity index (χ3v) is 4.86. The monoisotopic (exact) mass is 325 g/mol. The van der Waals surface area contributed by atoms with Crippen molar-refractivity contribution in [3.8, 4) is 11.5 Å². The standard InChI is InChI=1S/C20H23NO3/c1-2-14-5-3-6-16(13-14)15-9-11-21(12-10-15)20(24)17-7-4-8-18(22)19(17)23/h3-8,13,15,22-23H,2,9-12H2,1H3. The molecule has 0 aromatic heterocycles. The Morgan fingerprint density at radius 1 is 1.12 bits per heavy atom. The lowest BCUT2D eigenvalue weighted by molar-refractivity contribution is 0.0709. The van der Waals surface area contributed by atoms with Gasteiger partial charge in [0.25, 0.3) is 5.91 Å². The van der Waals surface area contributed by atoms with E-state index in [0.29, 0.717) is 19.0 Å². The van der Waals surface area contributed by atoms with Crippen molar-refractivity contribution in [2.75, 3.05) is 13.1 Å². The van der Waals surface area contributed by atoms with Crippen LogP contribution in [-0.2, 0) is 6.42 Å². The molecule has 0 aliphatic carbocycles. The summed E-state index contributed by atoms with van der Waals surface area (Å²) in [6.07, 6.45) is 2.86. The van der Waals surface area contributed by atoms with Crippen LogP contribution in [-0.4, -0.2) is 34.1 Å². The second kappa shape index (κ2) is 6.95. The van der Waals surface area contributed by atoms with E-state index >= 15 is 0 Å². The lowest BCUT2D eigenvalue weighted by Gasteiger charge is -2.32. The molecule has 4 heteroatoms. The summed E-state index contributed by atoms with van der Waals surface area (Å²) in [5, 5.41) is 19.5. The summed E-state index contributed by atoms with van der Waals surface area (Å²) in [7, 11) is 0. The molecule has 3 rings (SSSR count). The quantitative estimate of drug-likeness (QED) is 0.846. The first-order valence-corrected chi connectivity index (χ1v) is 8.49. The first-order chi connectivity index (χ1) is 11.6. The minimum Gasteiger partial charge on any atom is -0.504 e. The molecule has 0 spiro atoms. The van der Waals surface area contributed by atoms with Gasteiger partial charge < -0.3 is 15.1 Å². The van der Waals surface area contributed by atoms with Crippen LogP contribution in [0.4, 0.5) is 0 Å². The molecule has 24 heavy (non-hydrogen) atoms. The Kier molecular flexibility index (Phi) is 4.74. The molecule has 126 valence electrons. The minimum atomic E-state index is -0.333. The number of benzene rings is 2. The van der Waals surface area contributed by atoms with Crippen LogP contribution in [0.3, 0.4) is 0 Å². The van der Waals surface area contributed by atoms with E-state index in [1.807, 2.05) is 0 Å². The molecule has 0 radical (unpaired) electrons. The molecule has 1 aliphatic heterocycles. The van der Waals surface area contributed by atoms with E-state index in [4.69, 9.17) is 0 Å². The summed E-state index contributed by atoms with van der Waals surface area (Å²) in [4.78, 5) is 14.3. The molecule has 0 saturated carbocycles. The smallest absolute Gasteiger partial charge is 0.257 e. The summed E-state index contributed by atoms with van der Waals surface area (Å²) in [6.45, 7) is 3.48. The van der Waals surface area contributed by atoms with E-state index in [1.165, 1.54) is 17.2 Å². The van der Waals surface area contributed by atoms with Crippen molar-refractivity contribution in [2.45, 2.75) is 32.1 Å². The van der Waals surface area contributed by atoms with Gasteiger partial charge in [0.15, 0.2) is 11.5 Å². The number of para-hydroxylation sites is 1. The first-order valence-electron chi connectivity index (χ1n) is 8.49. The summed E-state index contributed by atoms with van der Waals surface area (Å²) in [6, 6.07) is 13.2. The molecule has 2 aromatic carbocycles. The van der Waals surface area contributed by atoms with Gasteiger partial charge in [-0.15, -0.1) is 0 Å². The van der Waals surface area contributed by atoms with Crippen LogP contribution in [0.15, 0.2) is 42.5 Å². The lowest BCUT2D eigenvalue weighted by Crippen LogP contribution is -2.37. The van der Waals surface area contributed by atoms with Gasteiger partial charge >= 0.3 is 0 Å². The van der Waals surface area contributed by atoms with Gasteiger partial charge in [0.1, 0.15) is 0 Å². The number of carbonyl (C=O) groups excluding carboxylic acids is 1. The number of carbonyl (C=O) groups is 1. The lowest BCUT2D eigenvalue weighted by atomic mass is 9.88. The van der Waals surface area contributed by atoms with Crippen molar-refractivity contribution in [2.24, 2.45) is 0 Å². The number of piperidine rings is 1. The number of aryl methyl sites for hydroxylation is 1. The molecule has 4 nitrogen and oxygen atoms in total. The molecule has 0 unspecified atom stereocenters. The third-order valence-electron chi connectivity index (χ3n) is 4.86. The normalized spacial score (nSPS) is 15.5. The van der Waals surface area contributed by atoms with Crippen LogP contribution in [0, 0.1) is 0 Å². The van der Waals surface area contributed by atoms with Gasteiger partial charge in [-0.05, 0) is 48.4 Å². The van der Waals surface area contributed by atoms with Gasteiger partial charge in [0.05, 0.1) is 5.56 Å². The Labute approximate surface area is 142 Å². The topological polar surface area (TPSA) is 60.8 Å². The van der Waals surface area contributed by atoms with E-state index in [0.717, 1.165) is 19.3 Å². The average molecular weight is 325 g/mol. The zero-order valence-corrected chi connectivity index (χ0v) is 13.9. The maximum Gasteiger partial charge on any atom is 0.257 e. The second-order valence-corrected chi connectivity index (χ2v) is 6.34. The zero-order valence-electron chi connectivity index (χ0n) is 13.9. The summed E-state index contributed by atoms with van der Waals surface area (Å²) in [5.41, 5.74) is 2.86. The minimum absolute atomic E-state index is 0.168. The van der Waals surface area contributed by atoms with Crippen LogP contribution in [0.25, 0.3) is 0 Å². The molecular weight excluding hydrogens is 302 g/mol. The highest BCUT2D eigenvalue weighted by Gasteiger charge is 2.26. The van der Waals surface area contributed by atoms with Crippen LogP contribution in [0.2, 0.25) is 0 Å². The van der Waals surface area contributed by atoms with Crippen LogP contribution in [0.5, 0.6) is 11.5 Å². The van der Waals surface area contributed by atoms with E-state index in [9.17, 15) is 15.0 Å². The molecule has 2 aromatic rings. The molecular formula is C20H23NO3. The van der Waals surface area contributed by atoms with Crippen LogP contribution < -0.4 is 0 Å². The van der Waals surface area contributed by atoms with Gasteiger partial charge in [-0.3, -0.25) is 4.79 Å². The number of hydrogen-bond donors (Lipinski definition) is 2. The highest BCUT2D eigenvalue weighted by atomic mass is 16.3. The maximum absolute atomic E-state index is 12.6. The van der Waals surface area contributed by atoms with Crippen LogP contribution in [0.1, 0.15) is 47.2 Å². The van der Waals surface area contributed by atoms with Gasteiger partial charge in [0.2, 0.25) is 0 Å². The fourth-order valence-electron chi connectivity index (χ4n) is 3.36. The second-order valence-electron chi connectivity index (χ2n) is 6.34. The van der Waals surface area contributed by atoms with Crippen LogP contribution >= 0.6 is 0 Å². The third kappa shape index (κ3) is 3.23. The number of likely N-dealkylation sites (tertiary alicyclic amines) is 1. The fourth-order valence-corrected chi connectivity index (χ4v) is 3.36. The summed E-state index contributed by atoms with van der Waals surface area (Å²) in [5.74, 6) is -0.338. The predicted octanol–water partition coefficient (Wildman–Crippen LogP) is 3.68. The largest absolute Gasteiger partial charge is 0.504 e. The summed E-state index contributed by atoms with van der Waals surface area (Å²) < 4.78 is 0. The van der Waals surface area contributed by atoms with Crippen molar-refractivity contribution in [1.29, 1.82) is 0 Å². The van der Waals surface area contributed by atoms with Gasteiger partial charge in [0, 0.05) is 13.1 Å². The molecule has 1 heterocycles. The van der Waals surface area contributed by atoms with E-state index in [1.54, 1.807) is 17.0 Å². The van der Waals surface area contributed by atoms with E-state index in [-0.39, 0.29) is 23.0 Å². The zero-order chi connectivity index (χ0) is 17.1. The molecule has 0 atom stereocenters. The number of phenolic OH excluding ortho intramolecular Hbond substituents is 2. The van der Waals surface area contributed by atoms with Gasteiger partial charge in [-0.1, -0.05) is 37.3 Å². The van der Waals surface area contributed by atoms with Crippen molar-refractivity contribution in [1.82, 2.24) is 4.90 Å². The number of nitrogens with zero attached hydrogens (tertiary/aromatic N) is 1. The fraction of sp³-hybridized carbons (Fsp3) is 0.350. The molecule has 1 fully saturated rings. The molecule has 1 aliphatic rings. The Morgan fingerprint density at radius 3 is 2.54 bits per heavy atom. The molecule has 1 saturated heterocycles. The Morgan fingerprint density at radius 2 is 1.83 bits per heavy atom. The molecule has 1 amide bonds.